The van der Waals surface area contributed by atoms with Gasteiger partial charge in [0.2, 0.25) is 0 Å². The smallest absolute Gasteiger partial charge is 0.296 e. The van der Waals surface area contributed by atoms with E-state index in [0.29, 0.717) is 69.7 Å². The lowest BCUT2D eigenvalue weighted by Gasteiger charge is -2.37. The predicted octanol–water partition coefficient (Wildman–Crippen LogP) is 2.46. The van der Waals surface area contributed by atoms with E-state index in [2.05, 4.69) is 40.0 Å². The number of ether oxygens (including phenoxy) is 4. The normalized spacial score (nSPS) is 35.6. The first-order valence-corrected chi connectivity index (χ1v) is 17.3. The highest BCUT2D eigenvalue weighted by molar-refractivity contribution is 5.94. The molecule has 7 aliphatic rings. The van der Waals surface area contributed by atoms with Gasteiger partial charge in [-0.1, -0.05) is 35.8 Å². The number of hydrogen-bond acceptors (Lipinski definition) is 12. The Morgan fingerprint density at radius 3 is 2.18 bits per heavy atom. The lowest BCUT2D eigenvalue weighted by Crippen LogP contribution is -2.44. The molecule has 4 aliphatic carbocycles. The molecule has 3 heterocycles. The van der Waals surface area contributed by atoms with Crippen LogP contribution in [0.5, 0.6) is 11.5 Å². The highest BCUT2D eigenvalue weighted by Crippen LogP contribution is 2.72. The van der Waals surface area contributed by atoms with Crippen LogP contribution in [0.2, 0.25) is 0 Å². The summed E-state index contributed by atoms with van der Waals surface area (Å²) in [7, 11) is 0. The van der Waals surface area contributed by atoms with Crippen LogP contribution in [0, 0.1) is 11.3 Å². The van der Waals surface area contributed by atoms with E-state index in [9.17, 15) is 20.6 Å². The molecule has 2 saturated heterocycles. The number of oxime groups is 2. The standard InChI is InChI=1S/C36H46N6O8/c1-19-13-20(31(37)39-45)29-30(35(19,4)32(38)40-46)50-36(49-29)15-23-27(24(36)17-42-7-11-48-12-8-42)33(2)18-34(23,3)26-21(16-41-5-9-47-10-6-41)28(44)25(43)14-22(26)33/h13-15,20,43-46H,5-12,16-18H2,1-4H3,(H2,37,39)(H2,38,40). The van der Waals surface area contributed by atoms with Crippen molar-refractivity contribution in [3.8, 4) is 11.5 Å². The molecule has 0 radical (unpaired) electrons. The highest BCUT2D eigenvalue weighted by atomic mass is 16.7. The Balaban J connectivity index is 1.32. The average Bonchev–Trinajstić information content (AvgIpc) is 3.79. The van der Waals surface area contributed by atoms with Gasteiger partial charge < -0.3 is 51.0 Å². The third-order valence-corrected chi connectivity index (χ3v) is 12.4. The lowest BCUT2D eigenvalue weighted by atomic mass is 9.70. The molecule has 3 aliphatic heterocycles. The van der Waals surface area contributed by atoms with Crippen LogP contribution in [0.25, 0.3) is 0 Å². The summed E-state index contributed by atoms with van der Waals surface area (Å²) in [6, 6.07) is 1.73. The minimum Gasteiger partial charge on any atom is -0.504 e. The van der Waals surface area contributed by atoms with Crippen LogP contribution < -0.4 is 11.5 Å². The number of fused-ring (bicyclic) bond motifs is 8. The number of benzene rings is 1. The summed E-state index contributed by atoms with van der Waals surface area (Å²) in [6.07, 6.45) is 4.58. The molecule has 14 heteroatoms. The number of nitrogens with zero attached hydrogens (tertiary/aromatic N) is 4. The van der Waals surface area contributed by atoms with Gasteiger partial charge in [-0.15, -0.1) is 0 Å². The maximum atomic E-state index is 11.4. The first-order valence-electron chi connectivity index (χ1n) is 17.3. The van der Waals surface area contributed by atoms with Crippen molar-refractivity contribution in [2.24, 2.45) is 33.1 Å². The molecule has 268 valence electrons. The summed E-state index contributed by atoms with van der Waals surface area (Å²) in [5.74, 6) is -1.96. The van der Waals surface area contributed by atoms with Gasteiger partial charge in [0.05, 0.1) is 32.3 Å². The molecule has 1 aromatic carbocycles. The van der Waals surface area contributed by atoms with Gasteiger partial charge in [-0.3, -0.25) is 9.80 Å². The van der Waals surface area contributed by atoms with Gasteiger partial charge >= 0.3 is 0 Å². The maximum absolute atomic E-state index is 11.4. The Bertz CT molecular complexity index is 1860. The second-order valence-electron chi connectivity index (χ2n) is 15.2. The number of nitrogens with two attached hydrogens (primary N) is 2. The zero-order chi connectivity index (χ0) is 35.4. The van der Waals surface area contributed by atoms with Crippen molar-refractivity contribution in [3.63, 3.8) is 0 Å². The quantitative estimate of drug-likeness (QED) is 0.0637. The summed E-state index contributed by atoms with van der Waals surface area (Å²) in [5.41, 5.74) is 16.8. The fraction of sp³-hybridized carbons (Fsp3) is 0.556. The molecule has 3 fully saturated rings. The molecule has 5 atom stereocenters. The van der Waals surface area contributed by atoms with Gasteiger partial charge in [0.15, 0.2) is 34.7 Å². The summed E-state index contributed by atoms with van der Waals surface area (Å²) in [5, 5.41) is 49.1. The van der Waals surface area contributed by atoms with Gasteiger partial charge in [0.1, 0.15) is 5.41 Å². The average molecular weight is 691 g/mol. The number of hydrogen-bond donors (Lipinski definition) is 6. The Kier molecular flexibility index (Phi) is 7.33. The Hall–Kier alpha value is -4.24. The molecular formula is C36H46N6O8. The SMILES string of the molecule is CC1=CC(/C(N)=N/O)C2=C(OC3(C=C4C(=C3CN3CCOCC3)C3(C)CC4(C)c4c3cc(O)c(O)c4CN3CCOCC3)O2)C1(C)/C(N)=N/O. The van der Waals surface area contributed by atoms with Crippen molar-refractivity contribution in [3.05, 3.63) is 68.7 Å². The molecule has 2 bridgehead atoms. The molecule has 0 aromatic heterocycles. The van der Waals surface area contributed by atoms with Crippen LogP contribution in [0.4, 0.5) is 0 Å². The van der Waals surface area contributed by atoms with E-state index in [-0.39, 0.29) is 23.2 Å². The van der Waals surface area contributed by atoms with Crippen molar-refractivity contribution in [1.29, 1.82) is 0 Å². The van der Waals surface area contributed by atoms with Crippen LogP contribution in [-0.2, 0) is 36.3 Å². The first-order chi connectivity index (χ1) is 23.8. The van der Waals surface area contributed by atoms with E-state index < -0.39 is 27.9 Å². The van der Waals surface area contributed by atoms with Crippen molar-refractivity contribution in [2.45, 2.75) is 57.3 Å². The fourth-order valence-electron chi connectivity index (χ4n) is 9.72. The van der Waals surface area contributed by atoms with E-state index >= 15 is 0 Å². The molecule has 5 unspecified atom stereocenters. The molecule has 8 rings (SSSR count). The predicted molar refractivity (Wildman–Crippen MR) is 182 cm³/mol. The van der Waals surface area contributed by atoms with Crippen molar-refractivity contribution in [2.75, 3.05) is 59.2 Å². The molecule has 8 N–H and O–H groups in total. The molecule has 14 nitrogen and oxygen atoms in total. The minimum absolute atomic E-state index is 0.0858. The van der Waals surface area contributed by atoms with E-state index in [1.807, 2.05) is 6.92 Å². The van der Waals surface area contributed by atoms with Gasteiger partial charge in [0.25, 0.3) is 5.79 Å². The van der Waals surface area contributed by atoms with Crippen LogP contribution in [0.3, 0.4) is 0 Å². The van der Waals surface area contributed by atoms with Crippen molar-refractivity contribution >= 4 is 11.7 Å². The number of morpholine rings is 2. The highest BCUT2D eigenvalue weighted by Gasteiger charge is 2.68. The molecule has 1 aromatic rings. The topological polar surface area (TPSA) is 201 Å². The maximum Gasteiger partial charge on any atom is 0.296 e. The number of phenolic OH excluding ortho intramolecular Hbond substituents is 2. The van der Waals surface area contributed by atoms with Crippen LogP contribution in [0.1, 0.15) is 50.8 Å². The Morgan fingerprint density at radius 1 is 0.920 bits per heavy atom. The second kappa shape index (κ2) is 11.1. The summed E-state index contributed by atoms with van der Waals surface area (Å²) in [4.78, 5) is 4.57. The molecule has 1 saturated carbocycles. The third kappa shape index (κ3) is 4.28. The van der Waals surface area contributed by atoms with Gasteiger partial charge in [-0.05, 0) is 48.6 Å². The Labute approximate surface area is 290 Å². The zero-order valence-electron chi connectivity index (χ0n) is 29.0. The van der Waals surface area contributed by atoms with E-state index in [1.165, 1.54) is 0 Å². The largest absolute Gasteiger partial charge is 0.504 e. The molecule has 1 spiro atoms. The summed E-state index contributed by atoms with van der Waals surface area (Å²) in [6.45, 7) is 14.3. The number of rotatable bonds is 6. The van der Waals surface area contributed by atoms with Crippen LogP contribution in [0.15, 0.2) is 62.3 Å². The monoisotopic (exact) mass is 690 g/mol. The number of phenols is 2. The van der Waals surface area contributed by atoms with Gasteiger partial charge in [-0.2, -0.15) is 0 Å². The first kappa shape index (κ1) is 32.9. The third-order valence-electron chi connectivity index (χ3n) is 12.4. The summed E-state index contributed by atoms with van der Waals surface area (Å²) < 4.78 is 25.4. The van der Waals surface area contributed by atoms with Gasteiger partial charge in [0, 0.05) is 67.3 Å². The number of allylic oxidation sites excluding steroid dienone is 2. The molecule has 0 amide bonds. The zero-order valence-corrected chi connectivity index (χ0v) is 29.0. The second-order valence-corrected chi connectivity index (χ2v) is 15.2. The Morgan fingerprint density at radius 2 is 1.56 bits per heavy atom. The van der Waals surface area contributed by atoms with E-state index in [4.69, 9.17) is 30.4 Å². The van der Waals surface area contributed by atoms with E-state index in [0.717, 1.165) is 52.9 Å². The molecular weight excluding hydrogens is 644 g/mol. The van der Waals surface area contributed by atoms with Gasteiger partial charge in [-0.25, -0.2) is 0 Å². The van der Waals surface area contributed by atoms with Crippen molar-refractivity contribution in [1.82, 2.24) is 9.80 Å². The van der Waals surface area contributed by atoms with E-state index in [1.54, 1.807) is 19.1 Å². The number of amidine groups is 2. The summed E-state index contributed by atoms with van der Waals surface area (Å²) >= 11 is 0. The minimum atomic E-state index is -1.43. The lowest BCUT2D eigenvalue weighted by molar-refractivity contribution is -0.0918. The van der Waals surface area contributed by atoms with Crippen LogP contribution >= 0.6 is 0 Å². The number of aromatic hydroxyl groups is 2. The van der Waals surface area contributed by atoms with Crippen LogP contribution in [-0.4, -0.2) is 107 Å². The van der Waals surface area contributed by atoms with Crippen molar-refractivity contribution < 1.29 is 39.6 Å². The molecule has 50 heavy (non-hydrogen) atoms. The fourth-order valence-corrected chi connectivity index (χ4v) is 9.72.